The van der Waals surface area contributed by atoms with Crippen molar-refractivity contribution in [1.82, 2.24) is 4.57 Å². The summed E-state index contributed by atoms with van der Waals surface area (Å²) >= 11 is 6.38. The molecule has 129 valence electrons. The highest BCUT2D eigenvalue weighted by molar-refractivity contribution is 6.36. The van der Waals surface area contributed by atoms with E-state index in [4.69, 9.17) is 17.3 Å². The monoisotopic (exact) mass is 369 g/mol. The number of amides is 1. The van der Waals surface area contributed by atoms with Gasteiger partial charge in [0.2, 0.25) is 5.91 Å². The molecule has 6 heteroatoms. The summed E-state index contributed by atoms with van der Waals surface area (Å²) in [5, 5.41) is 1.62. The van der Waals surface area contributed by atoms with Crippen LogP contribution in [0.4, 0.5) is 8.78 Å². The number of fused-ring (bicyclic) bond motifs is 3. The molecule has 0 aliphatic rings. The second kappa shape index (κ2) is 6.11. The smallest absolute Gasteiger partial charge is 0.249 e. The molecular formula is C20H12ClF2N2O. The van der Waals surface area contributed by atoms with Gasteiger partial charge >= 0.3 is 0 Å². The Labute approximate surface area is 152 Å². The van der Waals surface area contributed by atoms with E-state index in [-0.39, 0.29) is 12.1 Å². The van der Waals surface area contributed by atoms with Gasteiger partial charge in [0.05, 0.1) is 22.6 Å². The zero-order chi connectivity index (χ0) is 18.4. The van der Waals surface area contributed by atoms with Gasteiger partial charge in [-0.3, -0.25) is 4.79 Å². The van der Waals surface area contributed by atoms with Crippen LogP contribution in [0.15, 0.2) is 48.5 Å². The fraction of sp³-hybridized carbons (Fsp3) is 0.0500. The second-order valence-electron chi connectivity index (χ2n) is 5.91. The predicted molar refractivity (Wildman–Crippen MR) is 97.3 cm³/mol. The number of carbonyl (C=O) groups excluding carboxylic acids is 1. The van der Waals surface area contributed by atoms with Gasteiger partial charge in [-0.1, -0.05) is 35.9 Å². The highest BCUT2D eigenvalue weighted by Crippen LogP contribution is 2.35. The van der Waals surface area contributed by atoms with E-state index in [1.165, 1.54) is 12.1 Å². The topological polar surface area (TPSA) is 48.0 Å². The van der Waals surface area contributed by atoms with E-state index in [1.807, 2.05) is 0 Å². The van der Waals surface area contributed by atoms with Gasteiger partial charge in [0.25, 0.3) is 0 Å². The van der Waals surface area contributed by atoms with Crippen LogP contribution in [0.5, 0.6) is 0 Å². The van der Waals surface area contributed by atoms with Crippen molar-refractivity contribution in [3.05, 3.63) is 82.4 Å². The Morgan fingerprint density at radius 3 is 2.69 bits per heavy atom. The molecule has 4 rings (SSSR count). The first kappa shape index (κ1) is 16.5. The van der Waals surface area contributed by atoms with Gasteiger partial charge in [0.15, 0.2) is 11.6 Å². The zero-order valence-electron chi connectivity index (χ0n) is 13.4. The van der Waals surface area contributed by atoms with Crippen LogP contribution in [0.3, 0.4) is 0 Å². The van der Waals surface area contributed by atoms with E-state index >= 15 is 0 Å². The van der Waals surface area contributed by atoms with Crippen LogP contribution >= 0.6 is 11.6 Å². The lowest BCUT2D eigenvalue weighted by Gasteiger charge is -2.10. The molecular weight excluding hydrogens is 358 g/mol. The number of benzene rings is 3. The highest BCUT2D eigenvalue weighted by Gasteiger charge is 2.19. The van der Waals surface area contributed by atoms with Crippen molar-refractivity contribution >= 4 is 39.3 Å². The molecule has 3 aromatic carbocycles. The molecule has 1 radical (unpaired) electrons. The van der Waals surface area contributed by atoms with Gasteiger partial charge in [-0.15, -0.1) is 0 Å². The van der Waals surface area contributed by atoms with Gasteiger partial charge in [-0.2, -0.15) is 0 Å². The van der Waals surface area contributed by atoms with Crippen molar-refractivity contribution in [2.45, 2.75) is 6.54 Å². The number of primary amides is 1. The van der Waals surface area contributed by atoms with Gasteiger partial charge in [0.1, 0.15) is 0 Å². The largest absolute Gasteiger partial charge is 0.366 e. The van der Waals surface area contributed by atoms with Crippen molar-refractivity contribution in [1.29, 1.82) is 0 Å². The highest BCUT2D eigenvalue weighted by atomic mass is 35.5. The van der Waals surface area contributed by atoms with Crippen molar-refractivity contribution < 1.29 is 13.6 Å². The van der Waals surface area contributed by atoms with Gasteiger partial charge in [-0.25, -0.2) is 8.78 Å². The van der Waals surface area contributed by atoms with Crippen LogP contribution in [0.2, 0.25) is 5.02 Å². The number of carbonyl (C=O) groups is 1. The molecule has 0 unspecified atom stereocenters. The number of halogens is 3. The van der Waals surface area contributed by atoms with Crippen LogP contribution in [-0.4, -0.2) is 10.5 Å². The lowest BCUT2D eigenvalue weighted by Crippen LogP contribution is -2.11. The molecule has 0 aliphatic carbocycles. The number of hydrogen-bond donors (Lipinski definition) is 1. The molecule has 3 nitrogen and oxygen atoms in total. The molecule has 26 heavy (non-hydrogen) atoms. The summed E-state index contributed by atoms with van der Waals surface area (Å²) < 4.78 is 29.5. The summed E-state index contributed by atoms with van der Waals surface area (Å²) in [6, 6.07) is 15.5. The summed E-state index contributed by atoms with van der Waals surface area (Å²) in [5.74, 6) is -2.41. The maximum Gasteiger partial charge on any atom is 0.249 e. The normalized spacial score (nSPS) is 11.3. The lowest BCUT2D eigenvalue weighted by molar-refractivity contribution is 0.100. The average Bonchev–Trinajstić information content (AvgIpc) is 2.94. The molecule has 1 heterocycles. The second-order valence-corrected chi connectivity index (χ2v) is 6.32. The Bertz CT molecular complexity index is 1180. The standard InChI is InChI=1S/C20H12ClF2N2O/c21-14-7-2-5-12-17-13(20(24)26)6-3-9-16(17)25(19(12)14)10-11-4-1-8-15(22)18(11)23/h1-4,6-9H,10H2,(H2,24,26). The first-order valence-corrected chi connectivity index (χ1v) is 8.20. The van der Waals surface area contributed by atoms with Crippen LogP contribution in [0.1, 0.15) is 15.9 Å². The summed E-state index contributed by atoms with van der Waals surface area (Å²) in [6.45, 7) is 0.0450. The third kappa shape index (κ3) is 2.44. The fourth-order valence-electron chi connectivity index (χ4n) is 3.28. The van der Waals surface area contributed by atoms with Crippen molar-refractivity contribution in [2.75, 3.05) is 0 Å². The molecule has 2 N–H and O–H groups in total. The van der Waals surface area contributed by atoms with Gasteiger partial charge in [-0.05, 0) is 30.3 Å². The predicted octanol–water partition coefficient (Wildman–Crippen LogP) is 4.67. The van der Waals surface area contributed by atoms with Crippen LogP contribution < -0.4 is 5.73 Å². The maximum atomic E-state index is 14.2. The number of nitrogens with zero attached hydrogens (tertiary/aromatic N) is 1. The molecule has 1 aromatic heterocycles. The summed E-state index contributed by atoms with van der Waals surface area (Å²) in [4.78, 5) is 11.9. The molecule has 1 amide bonds. The third-order valence-electron chi connectivity index (χ3n) is 4.40. The first-order chi connectivity index (χ1) is 12.5. The molecule has 0 saturated carbocycles. The minimum Gasteiger partial charge on any atom is -0.366 e. The number of hydrogen-bond acceptors (Lipinski definition) is 1. The summed E-state index contributed by atoms with van der Waals surface area (Å²) in [7, 11) is 0. The molecule has 0 atom stereocenters. The van der Waals surface area contributed by atoms with Crippen LogP contribution in [0.25, 0.3) is 21.8 Å². The lowest BCUT2D eigenvalue weighted by atomic mass is 10.1. The quantitative estimate of drug-likeness (QED) is 0.560. The zero-order valence-corrected chi connectivity index (χ0v) is 14.1. The number of rotatable bonds is 3. The summed E-state index contributed by atoms with van der Waals surface area (Å²) in [6.07, 6.45) is 0. The van der Waals surface area contributed by atoms with E-state index < -0.39 is 17.5 Å². The van der Waals surface area contributed by atoms with Crippen LogP contribution in [-0.2, 0) is 6.54 Å². The van der Waals surface area contributed by atoms with Crippen molar-refractivity contribution in [2.24, 2.45) is 5.73 Å². The van der Waals surface area contributed by atoms with Crippen LogP contribution in [0, 0.1) is 17.7 Å². The fourth-order valence-corrected chi connectivity index (χ4v) is 3.54. The minimum absolute atomic E-state index is 0.0450. The Morgan fingerprint density at radius 2 is 1.92 bits per heavy atom. The third-order valence-corrected chi connectivity index (χ3v) is 4.70. The summed E-state index contributed by atoms with van der Waals surface area (Å²) in [5.41, 5.74) is 7.24. The first-order valence-electron chi connectivity index (χ1n) is 7.83. The minimum atomic E-state index is -0.918. The van der Waals surface area contributed by atoms with Crippen molar-refractivity contribution in [3.8, 4) is 0 Å². The Kier molecular flexibility index (Phi) is 3.89. The number of nitrogens with two attached hydrogens (primary N) is 1. The number of aromatic nitrogens is 1. The van der Waals surface area contributed by atoms with E-state index in [0.29, 0.717) is 32.4 Å². The molecule has 0 fully saturated rings. The SMILES string of the molecule is NC(=O)c1cccc2c1c1[c]ccc(Cl)c1n2Cc1cccc(F)c1F. The molecule has 0 spiro atoms. The average molecular weight is 370 g/mol. The van der Waals surface area contributed by atoms with E-state index in [2.05, 4.69) is 6.07 Å². The molecule has 4 aromatic rings. The Hall–Kier alpha value is -2.92. The Morgan fingerprint density at radius 1 is 1.15 bits per heavy atom. The molecule has 0 saturated heterocycles. The van der Waals surface area contributed by atoms with Gasteiger partial charge in [0, 0.05) is 21.9 Å². The molecule has 0 aliphatic heterocycles. The molecule has 0 bridgehead atoms. The van der Waals surface area contributed by atoms with E-state index in [9.17, 15) is 13.6 Å². The maximum absolute atomic E-state index is 14.2. The van der Waals surface area contributed by atoms with Crippen molar-refractivity contribution in [3.63, 3.8) is 0 Å². The Balaban J connectivity index is 2.09. The van der Waals surface area contributed by atoms with E-state index in [0.717, 1.165) is 6.07 Å². The van der Waals surface area contributed by atoms with E-state index in [1.54, 1.807) is 34.9 Å². The van der Waals surface area contributed by atoms with Gasteiger partial charge < -0.3 is 10.3 Å².